The van der Waals surface area contributed by atoms with Crippen molar-refractivity contribution in [3.8, 4) is 0 Å². The van der Waals surface area contributed by atoms with Gasteiger partial charge in [0, 0.05) is 22.5 Å². The summed E-state index contributed by atoms with van der Waals surface area (Å²) >= 11 is 0. The Morgan fingerprint density at radius 3 is 3.07 bits per heavy atom. The molecule has 2 heteroatoms. The van der Waals surface area contributed by atoms with Crippen molar-refractivity contribution in [2.45, 2.75) is 6.92 Å². The quantitative estimate of drug-likeness (QED) is 0.574. The Balaban J connectivity index is 2.67. The Hall–Kier alpha value is -1.83. The normalized spacial score (nSPS) is 15.2. The molecule has 2 heterocycles. The summed E-state index contributed by atoms with van der Waals surface area (Å²) in [5, 5.41) is 1.31. The summed E-state index contributed by atoms with van der Waals surface area (Å²) in [6.07, 6.45) is 1.65. The first kappa shape index (κ1) is 4.60. The van der Waals surface area contributed by atoms with Gasteiger partial charge in [-0.15, -0.1) is 0 Å². The predicted molar refractivity (Wildman–Crippen MR) is 58.3 cm³/mol. The van der Waals surface area contributed by atoms with E-state index >= 15 is 0 Å². The molecule has 0 radical (unpaired) electrons. The number of aryl methyl sites for hydroxylation is 1. The first-order valence-corrected chi connectivity index (χ1v) is 4.35. The molecule has 0 fully saturated rings. The van der Waals surface area contributed by atoms with Gasteiger partial charge in [0.2, 0.25) is 0 Å². The smallest absolute Gasteiger partial charge is 0.0681 e. The standard InChI is InChI=1S/C12H10N2/c1-8-12-10(6-7-13-8)9-4-2-3-5-11(9)14-12/h2-7,14H,1H3/i2D,3D,4D,5D. The highest BCUT2D eigenvalue weighted by Gasteiger charge is 2.04. The summed E-state index contributed by atoms with van der Waals surface area (Å²) in [6.45, 7) is 1.84. The highest BCUT2D eigenvalue weighted by atomic mass is 14.8. The molecule has 0 amide bonds. The Morgan fingerprint density at radius 2 is 2.14 bits per heavy atom. The Kier molecular flexibility index (Phi) is 0.847. The van der Waals surface area contributed by atoms with Crippen LogP contribution in [-0.4, -0.2) is 9.97 Å². The largest absolute Gasteiger partial charge is 0.353 e. The van der Waals surface area contributed by atoms with Crippen molar-refractivity contribution in [2.24, 2.45) is 0 Å². The number of nitrogens with zero attached hydrogens (tertiary/aromatic N) is 1. The van der Waals surface area contributed by atoms with Crippen LogP contribution in [0.4, 0.5) is 0 Å². The minimum absolute atomic E-state index is 0.0112. The number of fused-ring (bicyclic) bond motifs is 3. The lowest BCUT2D eigenvalue weighted by molar-refractivity contribution is 1.22. The van der Waals surface area contributed by atoms with Gasteiger partial charge < -0.3 is 4.98 Å². The second-order valence-corrected chi connectivity index (χ2v) is 3.19. The average Bonchev–Trinajstić information content (AvgIpc) is 2.75. The molecular formula is C12H10N2. The van der Waals surface area contributed by atoms with Crippen molar-refractivity contribution in [2.75, 3.05) is 0 Å². The minimum Gasteiger partial charge on any atom is -0.353 e. The maximum atomic E-state index is 7.96. The average molecular weight is 186 g/mol. The highest BCUT2D eigenvalue weighted by Crippen LogP contribution is 2.25. The summed E-state index contributed by atoms with van der Waals surface area (Å²) in [7, 11) is 0. The molecule has 0 spiro atoms. The molecular weight excluding hydrogens is 172 g/mol. The molecule has 0 bridgehead atoms. The van der Waals surface area contributed by atoms with Crippen LogP contribution in [0.15, 0.2) is 36.4 Å². The van der Waals surface area contributed by atoms with Crippen molar-refractivity contribution < 1.29 is 5.48 Å². The van der Waals surface area contributed by atoms with Crippen molar-refractivity contribution in [1.82, 2.24) is 9.97 Å². The molecule has 2 nitrogen and oxygen atoms in total. The number of nitrogens with one attached hydrogen (secondary N) is 1. The lowest BCUT2D eigenvalue weighted by atomic mass is 10.2. The van der Waals surface area contributed by atoms with E-state index in [0.29, 0.717) is 10.9 Å². The van der Waals surface area contributed by atoms with Gasteiger partial charge >= 0.3 is 0 Å². The molecule has 3 aromatic rings. The van der Waals surface area contributed by atoms with Crippen LogP contribution in [0.25, 0.3) is 21.8 Å². The Morgan fingerprint density at radius 1 is 1.29 bits per heavy atom. The van der Waals surface area contributed by atoms with E-state index in [0.717, 1.165) is 16.6 Å². The van der Waals surface area contributed by atoms with Gasteiger partial charge in [0.05, 0.1) is 16.7 Å². The maximum Gasteiger partial charge on any atom is 0.0681 e. The van der Waals surface area contributed by atoms with E-state index in [2.05, 4.69) is 9.97 Å². The van der Waals surface area contributed by atoms with Gasteiger partial charge in [-0.25, -0.2) is 0 Å². The van der Waals surface area contributed by atoms with E-state index in [1.54, 1.807) is 12.3 Å². The van der Waals surface area contributed by atoms with Crippen LogP contribution < -0.4 is 0 Å². The van der Waals surface area contributed by atoms with Crippen LogP contribution in [0.1, 0.15) is 11.2 Å². The van der Waals surface area contributed by atoms with Crippen LogP contribution in [-0.2, 0) is 0 Å². The number of pyridine rings is 1. The highest BCUT2D eigenvalue weighted by molar-refractivity contribution is 6.07. The number of aromatic amines is 1. The predicted octanol–water partition coefficient (Wildman–Crippen LogP) is 3.02. The zero-order valence-corrected chi connectivity index (χ0v) is 7.60. The molecule has 0 aliphatic rings. The summed E-state index contributed by atoms with van der Waals surface area (Å²) in [4.78, 5) is 7.21. The molecule has 1 aromatic carbocycles. The summed E-state index contributed by atoms with van der Waals surface area (Å²) in [5.74, 6) is 0. The van der Waals surface area contributed by atoms with E-state index in [1.165, 1.54) is 0 Å². The number of para-hydroxylation sites is 1. The van der Waals surface area contributed by atoms with Crippen LogP contribution >= 0.6 is 0 Å². The van der Waals surface area contributed by atoms with E-state index in [4.69, 9.17) is 5.48 Å². The van der Waals surface area contributed by atoms with Crippen molar-refractivity contribution in [3.05, 3.63) is 42.1 Å². The maximum absolute atomic E-state index is 7.96. The molecule has 14 heavy (non-hydrogen) atoms. The summed E-state index contributed by atoms with van der Waals surface area (Å²) in [5.41, 5.74) is 1.98. The molecule has 3 rings (SSSR count). The van der Waals surface area contributed by atoms with E-state index in [1.807, 2.05) is 6.92 Å². The Labute approximate surface area is 87.2 Å². The number of rotatable bonds is 0. The molecule has 0 unspecified atom stereocenters. The number of aromatic nitrogens is 2. The number of benzene rings is 1. The number of H-pyrrole nitrogens is 1. The van der Waals surface area contributed by atoms with Crippen molar-refractivity contribution in [1.29, 1.82) is 0 Å². The van der Waals surface area contributed by atoms with Gasteiger partial charge in [0.1, 0.15) is 0 Å². The summed E-state index contributed by atoms with van der Waals surface area (Å²) < 4.78 is 31.2. The lowest BCUT2D eigenvalue weighted by Crippen LogP contribution is -1.79. The zero-order chi connectivity index (χ0) is 13.0. The zero-order valence-electron chi connectivity index (χ0n) is 11.6. The van der Waals surface area contributed by atoms with E-state index in [-0.39, 0.29) is 24.2 Å². The molecule has 68 valence electrons. The molecule has 0 atom stereocenters. The van der Waals surface area contributed by atoms with Crippen LogP contribution in [0.5, 0.6) is 0 Å². The fourth-order valence-electron chi connectivity index (χ4n) is 1.67. The van der Waals surface area contributed by atoms with E-state index < -0.39 is 0 Å². The minimum atomic E-state index is -0.218. The third-order valence-corrected chi connectivity index (χ3v) is 2.35. The van der Waals surface area contributed by atoms with Gasteiger partial charge in [-0.1, -0.05) is 18.1 Å². The number of hydrogen-bond donors (Lipinski definition) is 1. The van der Waals surface area contributed by atoms with Gasteiger partial charge in [-0.05, 0) is 19.0 Å². The SMILES string of the molecule is [2H]c1c([2H])c([2H])c2c([nH]c3c(C)nccc32)c1[2H]. The van der Waals surface area contributed by atoms with Gasteiger partial charge in [-0.3, -0.25) is 4.98 Å². The second kappa shape index (κ2) is 2.58. The van der Waals surface area contributed by atoms with E-state index in [9.17, 15) is 0 Å². The van der Waals surface area contributed by atoms with Gasteiger partial charge in [0.25, 0.3) is 0 Å². The monoisotopic (exact) mass is 186 g/mol. The third-order valence-electron chi connectivity index (χ3n) is 2.35. The van der Waals surface area contributed by atoms with Gasteiger partial charge in [-0.2, -0.15) is 0 Å². The topological polar surface area (TPSA) is 28.7 Å². The summed E-state index contributed by atoms with van der Waals surface area (Å²) in [6, 6.07) is 1.29. The van der Waals surface area contributed by atoms with Crippen LogP contribution in [0, 0.1) is 6.92 Å². The molecule has 0 saturated heterocycles. The molecule has 0 aliphatic heterocycles. The fourth-order valence-corrected chi connectivity index (χ4v) is 1.67. The van der Waals surface area contributed by atoms with Crippen molar-refractivity contribution >= 4 is 21.8 Å². The first-order chi connectivity index (χ1) is 8.52. The first-order valence-electron chi connectivity index (χ1n) is 6.35. The molecule has 0 aliphatic carbocycles. The number of hydrogen-bond acceptors (Lipinski definition) is 1. The van der Waals surface area contributed by atoms with Gasteiger partial charge in [0.15, 0.2) is 0 Å². The van der Waals surface area contributed by atoms with Crippen molar-refractivity contribution in [3.63, 3.8) is 0 Å². The third kappa shape index (κ3) is 0.880. The van der Waals surface area contributed by atoms with Crippen LogP contribution in [0.3, 0.4) is 0 Å². The Bertz CT molecular complexity index is 792. The molecule has 1 N–H and O–H groups in total. The lowest BCUT2D eigenvalue weighted by Gasteiger charge is -1.92. The fraction of sp³-hybridized carbons (Fsp3) is 0.0833. The molecule has 2 aromatic heterocycles. The molecule has 0 saturated carbocycles. The van der Waals surface area contributed by atoms with Crippen LogP contribution in [0.2, 0.25) is 0 Å². The second-order valence-electron chi connectivity index (χ2n) is 3.19.